The molecule has 0 N–H and O–H groups in total. The molecule has 0 amide bonds. The number of hydrogen-bond donors (Lipinski definition) is 0. The summed E-state index contributed by atoms with van der Waals surface area (Å²) in [6, 6.07) is 1.72. The number of nitrogens with zero attached hydrogens (tertiary/aromatic N) is 1. The Morgan fingerprint density at radius 3 is 2.80 bits per heavy atom. The number of ether oxygens (including phenoxy) is 1. The van der Waals surface area contributed by atoms with Crippen LogP contribution < -0.4 is 9.47 Å². The van der Waals surface area contributed by atoms with Gasteiger partial charge in [-0.05, 0) is 15.9 Å². The highest BCUT2D eigenvalue weighted by atomic mass is 79.9. The molecule has 0 radical (unpaired) electrons. The fourth-order valence-electron chi connectivity index (χ4n) is 0.606. The maximum Gasteiger partial charge on any atom is 0.222 e. The average molecular weight is 204 g/mol. The van der Waals surface area contributed by atoms with Crippen LogP contribution in [0.25, 0.3) is 0 Å². The van der Waals surface area contributed by atoms with E-state index < -0.39 is 0 Å². The van der Waals surface area contributed by atoms with Gasteiger partial charge < -0.3 is 9.94 Å². The van der Waals surface area contributed by atoms with Crippen LogP contribution in [0.15, 0.2) is 22.9 Å². The van der Waals surface area contributed by atoms with E-state index in [9.17, 15) is 5.21 Å². The van der Waals surface area contributed by atoms with Crippen LogP contribution in [0.2, 0.25) is 0 Å². The lowest BCUT2D eigenvalue weighted by Crippen LogP contribution is -2.24. The lowest BCUT2D eigenvalue weighted by Gasteiger charge is -1.99. The maximum absolute atomic E-state index is 10.7. The molecular formula is C6H6BrNO2. The highest BCUT2D eigenvalue weighted by Crippen LogP contribution is 2.13. The van der Waals surface area contributed by atoms with Crippen LogP contribution in [0, 0.1) is 5.21 Å². The van der Waals surface area contributed by atoms with E-state index in [-0.39, 0.29) is 0 Å². The summed E-state index contributed by atoms with van der Waals surface area (Å²) >= 11 is 3.15. The van der Waals surface area contributed by atoms with Crippen molar-refractivity contribution in [3.8, 4) is 5.75 Å². The van der Waals surface area contributed by atoms with Gasteiger partial charge in [0.1, 0.15) is 0 Å². The highest BCUT2D eigenvalue weighted by molar-refractivity contribution is 9.10. The third kappa shape index (κ3) is 1.60. The molecule has 0 fully saturated rings. The Balaban J connectivity index is 3.06. The summed E-state index contributed by atoms with van der Waals surface area (Å²) in [4.78, 5) is 0. The summed E-state index contributed by atoms with van der Waals surface area (Å²) < 4.78 is 6.22. The van der Waals surface area contributed by atoms with Gasteiger partial charge in [-0.25, -0.2) is 0 Å². The molecule has 0 aromatic carbocycles. The number of methoxy groups -OCH3 is 1. The smallest absolute Gasteiger partial charge is 0.222 e. The normalized spacial score (nSPS) is 9.40. The molecule has 1 heterocycles. The first-order valence-corrected chi connectivity index (χ1v) is 3.45. The lowest BCUT2D eigenvalue weighted by molar-refractivity contribution is -0.606. The zero-order chi connectivity index (χ0) is 7.56. The maximum atomic E-state index is 10.7. The van der Waals surface area contributed by atoms with Gasteiger partial charge in [-0.2, -0.15) is 4.73 Å². The van der Waals surface area contributed by atoms with E-state index in [1.165, 1.54) is 19.5 Å². The average Bonchev–Trinajstić information content (AvgIpc) is 1.85. The molecule has 0 aliphatic heterocycles. The number of aromatic nitrogens is 1. The zero-order valence-corrected chi connectivity index (χ0v) is 6.96. The quantitative estimate of drug-likeness (QED) is 0.507. The number of halogens is 1. The van der Waals surface area contributed by atoms with E-state index in [4.69, 9.17) is 4.74 Å². The van der Waals surface area contributed by atoms with Crippen LogP contribution in [0.1, 0.15) is 0 Å². The minimum absolute atomic E-state index is 0.546. The minimum Gasteiger partial charge on any atom is -0.619 e. The molecule has 0 unspecified atom stereocenters. The Kier molecular flexibility index (Phi) is 2.11. The predicted molar refractivity (Wildman–Crippen MR) is 39.7 cm³/mol. The monoisotopic (exact) mass is 203 g/mol. The molecule has 1 aromatic rings. The van der Waals surface area contributed by atoms with E-state index in [0.29, 0.717) is 15.0 Å². The van der Waals surface area contributed by atoms with Crippen molar-refractivity contribution in [1.82, 2.24) is 0 Å². The molecule has 1 aromatic heterocycles. The molecule has 0 saturated carbocycles. The van der Waals surface area contributed by atoms with Crippen LogP contribution in [-0.2, 0) is 0 Å². The van der Waals surface area contributed by atoms with Crippen molar-refractivity contribution in [3.05, 3.63) is 28.1 Å². The second kappa shape index (κ2) is 2.88. The molecule has 0 bridgehead atoms. The van der Waals surface area contributed by atoms with Crippen LogP contribution in [0.3, 0.4) is 0 Å². The van der Waals surface area contributed by atoms with Gasteiger partial charge in [0.15, 0.2) is 11.9 Å². The fraction of sp³-hybridized carbons (Fsp3) is 0.167. The molecule has 1 rings (SSSR count). The molecule has 4 heteroatoms. The van der Waals surface area contributed by atoms with E-state index in [1.807, 2.05) is 0 Å². The van der Waals surface area contributed by atoms with Crippen LogP contribution in [0.4, 0.5) is 0 Å². The molecule has 0 spiro atoms. The van der Waals surface area contributed by atoms with Crippen molar-refractivity contribution in [1.29, 1.82) is 0 Å². The van der Waals surface area contributed by atoms with Gasteiger partial charge in [-0.15, -0.1) is 0 Å². The van der Waals surface area contributed by atoms with Gasteiger partial charge in [0.25, 0.3) is 0 Å². The second-order valence-corrected chi connectivity index (χ2v) is 2.67. The molecule has 0 aliphatic rings. The SMILES string of the molecule is COc1cc(Br)c[n+]([O-])c1. The van der Waals surface area contributed by atoms with Crippen molar-refractivity contribution in [2.24, 2.45) is 0 Å². The Hall–Kier alpha value is -0.770. The van der Waals surface area contributed by atoms with Crippen LogP contribution in [0.5, 0.6) is 5.75 Å². The standard InChI is InChI=1S/C6H6BrNO2/c1-10-6-2-5(7)3-8(9)4-6/h2-4H,1H3. The summed E-state index contributed by atoms with van der Waals surface area (Å²) in [5, 5.41) is 10.7. The minimum atomic E-state index is 0.546. The molecule has 3 nitrogen and oxygen atoms in total. The van der Waals surface area contributed by atoms with Crippen molar-refractivity contribution >= 4 is 15.9 Å². The van der Waals surface area contributed by atoms with Crippen LogP contribution >= 0.6 is 15.9 Å². The van der Waals surface area contributed by atoms with Gasteiger partial charge in [0, 0.05) is 6.07 Å². The fourth-order valence-corrected chi connectivity index (χ4v) is 1.03. The van der Waals surface area contributed by atoms with Crippen molar-refractivity contribution < 1.29 is 9.47 Å². The van der Waals surface area contributed by atoms with Gasteiger partial charge in [0.05, 0.1) is 11.6 Å². The first kappa shape index (κ1) is 7.34. The largest absolute Gasteiger partial charge is 0.619 e. The van der Waals surface area contributed by atoms with Crippen molar-refractivity contribution in [3.63, 3.8) is 0 Å². The summed E-state index contributed by atoms with van der Waals surface area (Å²) in [5.41, 5.74) is 0. The summed E-state index contributed by atoms with van der Waals surface area (Å²) in [6.07, 6.45) is 2.76. The molecule has 0 aliphatic carbocycles. The first-order chi connectivity index (χ1) is 4.72. The Bertz CT molecular complexity index is 219. The molecule has 0 atom stereocenters. The van der Waals surface area contributed by atoms with Crippen molar-refractivity contribution in [2.75, 3.05) is 7.11 Å². The van der Waals surface area contributed by atoms with E-state index in [1.54, 1.807) is 6.07 Å². The van der Waals surface area contributed by atoms with Crippen molar-refractivity contribution in [2.45, 2.75) is 0 Å². The molecule has 54 valence electrons. The summed E-state index contributed by atoms with van der Waals surface area (Å²) in [6.45, 7) is 0. The second-order valence-electron chi connectivity index (χ2n) is 1.75. The Morgan fingerprint density at radius 1 is 1.60 bits per heavy atom. The Labute approximate surface area is 67.0 Å². The van der Waals surface area contributed by atoms with Gasteiger partial charge in [-0.1, -0.05) is 0 Å². The van der Waals surface area contributed by atoms with E-state index in [0.717, 1.165) is 0 Å². The molecular weight excluding hydrogens is 198 g/mol. The summed E-state index contributed by atoms with van der Waals surface area (Å²) in [5.74, 6) is 0.546. The third-order valence-corrected chi connectivity index (χ3v) is 1.45. The third-order valence-electron chi connectivity index (χ3n) is 1.02. The lowest BCUT2D eigenvalue weighted by atomic mass is 10.5. The van der Waals surface area contributed by atoms with E-state index in [2.05, 4.69) is 15.9 Å². The highest BCUT2D eigenvalue weighted by Gasteiger charge is 1.98. The molecule has 10 heavy (non-hydrogen) atoms. The summed E-state index contributed by atoms with van der Waals surface area (Å²) in [7, 11) is 1.52. The Morgan fingerprint density at radius 2 is 2.30 bits per heavy atom. The topological polar surface area (TPSA) is 36.2 Å². The molecule has 0 saturated heterocycles. The predicted octanol–water partition coefficient (Wildman–Crippen LogP) is 1.09. The van der Waals surface area contributed by atoms with Crippen LogP contribution in [-0.4, -0.2) is 7.11 Å². The zero-order valence-electron chi connectivity index (χ0n) is 5.37. The number of pyridine rings is 1. The van der Waals surface area contributed by atoms with E-state index >= 15 is 0 Å². The van der Waals surface area contributed by atoms with Gasteiger partial charge >= 0.3 is 0 Å². The van der Waals surface area contributed by atoms with Gasteiger partial charge in [-0.3, -0.25) is 0 Å². The number of hydrogen-bond acceptors (Lipinski definition) is 2. The first-order valence-electron chi connectivity index (χ1n) is 2.66. The van der Waals surface area contributed by atoms with Gasteiger partial charge in [0.2, 0.25) is 6.20 Å². The number of rotatable bonds is 1.